The minimum Gasteiger partial charge on any atom is -0.502 e. The molecule has 166 valence electrons. The average molecular weight is 444 g/mol. The van der Waals surface area contributed by atoms with Crippen molar-refractivity contribution in [3.8, 4) is 17.6 Å². The number of aliphatic hydroxyl groups is 1. The van der Waals surface area contributed by atoms with Gasteiger partial charge in [-0.2, -0.15) is 5.26 Å². The lowest BCUT2D eigenvalue weighted by molar-refractivity contribution is 0.0935. The Morgan fingerprint density at radius 1 is 1.21 bits per heavy atom. The van der Waals surface area contributed by atoms with Crippen molar-refractivity contribution < 1.29 is 24.2 Å². The molecule has 0 saturated carbocycles. The summed E-state index contributed by atoms with van der Waals surface area (Å²) in [6, 6.07) is 16.7. The monoisotopic (exact) mass is 444 g/mol. The van der Waals surface area contributed by atoms with Crippen molar-refractivity contribution in [2.75, 3.05) is 7.11 Å². The van der Waals surface area contributed by atoms with Gasteiger partial charge in [0, 0.05) is 28.7 Å². The first-order chi connectivity index (χ1) is 16.0. The van der Waals surface area contributed by atoms with Gasteiger partial charge in [-0.25, -0.2) is 0 Å². The highest BCUT2D eigenvalue weighted by Crippen LogP contribution is 2.39. The number of carbonyl (C=O) groups is 1. The first-order valence-electron chi connectivity index (χ1n) is 10.1. The first-order valence-corrected chi connectivity index (χ1v) is 10.1. The summed E-state index contributed by atoms with van der Waals surface area (Å²) in [7, 11) is 1.50. The summed E-state index contributed by atoms with van der Waals surface area (Å²) in [5.74, 6) is -3.52. The van der Waals surface area contributed by atoms with Crippen LogP contribution in [-0.4, -0.2) is 28.1 Å². The van der Waals surface area contributed by atoms with Gasteiger partial charge in [-0.05, 0) is 23.8 Å². The van der Waals surface area contributed by atoms with E-state index in [0.717, 1.165) is 11.6 Å². The number of rotatable bonds is 7. The van der Waals surface area contributed by atoms with Crippen LogP contribution in [0.1, 0.15) is 33.4 Å². The zero-order valence-electron chi connectivity index (χ0n) is 17.6. The van der Waals surface area contributed by atoms with Gasteiger partial charge in [0.05, 0.1) is 19.1 Å². The largest absolute Gasteiger partial charge is 0.502 e. The molecule has 0 aliphatic rings. The van der Waals surface area contributed by atoms with Gasteiger partial charge in [-0.1, -0.05) is 30.3 Å². The molecule has 2 aromatic heterocycles. The molecule has 0 saturated heterocycles. The van der Waals surface area contributed by atoms with E-state index in [1.807, 2.05) is 18.2 Å². The number of para-hydroxylation sites is 1. The van der Waals surface area contributed by atoms with E-state index < -0.39 is 35.4 Å². The predicted molar refractivity (Wildman–Crippen MR) is 119 cm³/mol. The van der Waals surface area contributed by atoms with Crippen LogP contribution in [0.5, 0.6) is 11.5 Å². The molecule has 0 aliphatic heterocycles. The molecule has 0 amide bonds. The van der Waals surface area contributed by atoms with Gasteiger partial charge >= 0.3 is 0 Å². The van der Waals surface area contributed by atoms with Crippen molar-refractivity contribution in [2.45, 2.75) is 12.5 Å². The number of nitrogens with one attached hydrogen (secondary N) is 1. The number of aromatic hydroxyl groups is 1. The number of Topliss-reactive ketones (excluding diaryl/α,β-unsaturated/α-hetero) is 1. The minimum absolute atomic E-state index is 0.0949. The second-order valence-electron chi connectivity index (χ2n) is 7.42. The van der Waals surface area contributed by atoms with Crippen LogP contribution in [0.2, 0.25) is 0 Å². The van der Waals surface area contributed by atoms with Crippen molar-refractivity contribution in [2.24, 2.45) is 5.92 Å². The van der Waals surface area contributed by atoms with Crippen LogP contribution in [0, 0.1) is 17.2 Å². The molecular formula is C25H20N2O6. The number of fused-ring (bicyclic) bond motifs is 1. The highest BCUT2D eigenvalue weighted by Gasteiger charge is 2.37. The van der Waals surface area contributed by atoms with E-state index in [1.165, 1.54) is 13.3 Å². The van der Waals surface area contributed by atoms with Gasteiger partial charge in [0.2, 0.25) is 11.2 Å². The van der Waals surface area contributed by atoms with Gasteiger partial charge in [0.15, 0.2) is 11.5 Å². The number of nitrogens with zero attached hydrogens (tertiary/aromatic N) is 1. The molecule has 3 N–H and O–H groups in total. The number of benzene rings is 2. The SMILES string of the molecule is COc1ccc(C(c2oc(CO)cc(=O)c2O)C(C#N)C(=O)c2c[nH]c3ccccc23)cc1. The molecule has 4 aromatic rings. The second kappa shape index (κ2) is 9.02. The third-order valence-corrected chi connectivity index (χ3v) is 5.52. The molecule has 0 bridgehead atoms. The highest BCUT2D eigenvalue weighted by molar-refractivity contribution is 6.10. The summed E-state index contributed by atoms with van der Waals surface area (Å²) in [6.07, 6.45) is 1.53. The summed E-state index contributed by atoms with van der Waals surface area (Å²) in [6.45, 7) is -0.592. The molecule has 4 rings (SSSR count). The fraction of sp³-hybridized carbons (Fsp3) is 0.160. The number of aliphatic hydroxyl groups excluding tert-OH is 1. The van der Waals surface area contributed by atoms with E-state index in [1.54, 1.807) is 36.4 Å². The van der Waals surface area contributed by atoms with Crippen molar-refractivity contribution in [1.29, 1.82) is 5.26 Å². The van der Waals surface area contributed by atoms with Crippen LogP contribution in [0.3, 0.4) is 0 Å². The molecule has 0 radical (unpaired) electrons. The lowest BCUT2D eigenvalue weighted by Gasteiger charge is -2.22. The Kier molecular flexibility index (Phi) is 5.98. The third kappa shape index (κ3) is 3.97. The second-order valence-corrected chi connectivity index (χ2v) is 7.42. The summed E-state index contributed by atoms with van der Waals surface area (Å²) >= 11 is 0. The van der Waals surface area contributed by atoms with Gasteiger partial charge in [0.25, 0.3) is 0 Å². The van der Waals surface area contributed by atoms with Crippen molar-refractivity contribution >= 4 is 16.7 Å². The maximum absolute atomic E-state index is 13.6. The van der Waals surface area contributed by atoms with Gasteiger partial charge in [0.1, 0.15) is 24.0 Å². The summed E-state index contributed by atoms with van der Waals surface area (Å²) in [5, 5.41) is 30.8. The van der Waals surface area contributed by atoms with Gasteiger partial charge in [-0.15, -0.1) is 0 Å². The van der Waals surface area contributed by atoms with E-state index in [9.17, 15) is 25.1 Å². The topological polar surface area (TPSA) is 137 Å². The third-order valence-electron chi connectivity index (χ3n) is 5.52. The Labute approximate surface area is 188 Å². The van der Waals surface area contributed by atoms with Crippen molar-refractivity contribution in [3.05, 3.63) is 93.7 Å². The fourth-order valence-corrected chi connectivity index (χ4v) is 3.88. The zero-order chi connectivity index (χ0) is 23.5. The fourth-order valence-electron chi connectivity index (χ4n) is 3.88. The standard InChI is InChI=1S/C25H20N2O6/c1-32-15-8-6-14(7-9-15)22(25-24(31)21(29)10-16(13-28)33-25)18(11-26)23(30)19-12-27-20-5-3-2-4-17(19)20/h2-10,12,18,22,27-28,31H,13H2,1H3. The van der Waals surface area contributed by atoms with E-state index in [2.05, 4.69) is 4.98 Å². The number of carbonyl (C=O) groups excluding carboxylic acids is 1. The molecule has 2 heterocycles. The normalized spacial score (nSPS) is 12.8. The Balaban J connectivity index is 1.91. The van der Waals surface area contributed by atoms with Gasteiger partial charge in [-0.3, -0.25) is 9.59 Å². The molecule has 2 atom stereocenters. The number of aromatic amines is 1. The van der Waals surface area contributed by atoms with E-state index in [0.29, 0.717) is 22.3 Å². The molecule has 8 nitrogen and oxygen atoms in total. The molecule has 0 fully saturated rings. The number of ketones is 1. The molecule has 8 heteroatoms. The average Bonchev–Trinajstić information content (AvgIpc) is 3.28. The van der Waals surface area contributed by atoms with E-state index >= 15 is 0 Å². The van der Waals surface area contributed by atoms with Crippen LogP contribution in [-0.2, 0) is 6.61 Å². The Morgan fingerprint density at radius 2 is 1.94 bits per heavy atom. The van der Waals surface area contributed by atoms with Gasteiger partial charge < -0.3 is 24.4 Å². The first kappa shape index (κ1) is 21.9. The van der Waals surface area contributed by atoms with Crippen molar-refractivity contribution in [1.82, 2.24) is 4.98 Å². The number of hydrogen-bond donors (Lipinski definition) is 3. The smallest absolute Gasteiger partial charge is 0.227 e. The van der Waals surface area contributed by atoms with Crippen LogP contribution in [0.25, 0.3) is 10.9 Å². The number of aromatic nitrogens is 1. The van der Waals surface area contributed by atoms with Crippen molar-refractivity contribution in [3.63, 3.8) is 0 Å². The maximum Gasteiger partial charge on any atom is 0.227 e. The lowest BCUT2D eigenvalue weighted by atomic mass is 9.80. The molecule has 2 aromatic carbocycles. The molecule has 0 aliphatic carbocycles. The molecule has 33 heavy (non-hydrogen) atoms. The summed E-state index contributed by atoms with van der Waals surface area (Å²) < 4.78 is 10.8. The Bertz CT molecular complexity index is 1410. The van der Waals surface area contributed by atoms with Crippen LogP contribution >= 0.6 is 0 Å². The maximum atomic E-state index is 13.6. The molecular weight excluding hydrogens is 424 g/mol. The van der Waals surface area contributed by atoms with Crippen LogP contribution < -0.4 is 10.2 Å². The van der Waals surface area contributed by atoms with E-state index in [4.69, 9.17) is 9.15 Å². The Morgan fingerprint density at radius 3 is 2.61 bits per heavy atom. The Hall–Kier alpha value is -4.35. The number of H-pyrrole nitrogens is 1. The molecule has 0 spiro atoms. The quantitative estimate of drug-likeness (QED) is 0.371. The van der Waals surface area contributed by atoms with Crippen LogP contribution in [0.15, 0.2) is 70.0 Å². The number of methoxy groups -OCH3 is 1. The zero-order valence-corrected chi connectivity index (χ0v) is 17.6. The number of nitriles is 1. The molecule has 2 unspecified atom stereocenters. The van der Waals surface area contributed by atoms with Crippen LogP contribution in [0.4, 0.5) is 0 Å². The number of hydrogen-bond acceptors (Lipinski definition) is 7. The predicted octanol–water partition coefficient (Wildman–Crippen LogP) is 3.48. The lowest BCUT2D eigenvalue weighted by Crippen LogP contribution is -2.24. The highest BCUT2D eigenvalue weighted by atomic mass is 16.5. The summed E-state index contributed by atoms with van der Waals surface area (Å²) in [4.78, 5) is 28.9. The summed E-state index contributed by atoms with van der Waals surface area (Å²) in [5.41, 5.74) is 0.699. The minimum atomic E-state index is -1.35. The number of ether oxygens (including phenoxy) is 1. The van der Waals surface area contributed by atoms with E-state index in [-0.39, 0.29) is 11.5 Å².